The number of H-pyrrole nitrogens is 1. The highest BCUT2D eigenvalue weighted by atomic mass is 19.1. The fourth-order valence-electron chi connectivity index (χ4n) is 3.40. The van der Waals surface area contributed by atoms with Gasteiger partial charge in [-0.15, -0.1) is 0 Å². The normalized spacial score (nSPS) is 11.0. The third kappa shape index (κ3) is 4.63. The van der Waals surface area contributed by atoms with Gasteiger partial charge in [0.15, 0.2) is 0 Å². The van der Waals surface area contributed by atoms with Crippen LogP contribution in [-0.4, -0.2) is 34.9 Å². The van der Waals surface area contributed by atoms with E-state index in [1.165, 1.54) is 18.3 Å². The number of hydrogen-bond acceptors (Lipinski definition) is 6. The first kappa shape index (κ1) is 22.2. The molecule has 0 aliphatic heterocycles. The van der Waals surface area contributed by atoms with E-state index in [9.17, 15) is 14.0 Å². The van der Waals surface area contributed by atoms with Gasteiger partial charge in [-0.25, -0.2) is 13.8 Å². The number of methoxy groups -OCH3 is 1. The van der Waals surface area contributed by atoms with Gasteiger partial charge in [0, 0.05) is 19.4 Å². The molecule has 2 aromatic carbocycles. The predicted octanol–water partition coefficient (Wildman–Crippen LogP) is 3.13. The molecule has 8 nitrogen and oxygen atoms in total. The van der Waals surface area contributed by atoms with E-state index in [-0.39, 0.29) is 24.3 Å². The van der Waals surface area contributed by atoms with E-state index >= 15 is 0 Å². The second kappa shape index (κ2) is 9.66. The molecular formula is C24H22FN3O5. The lowest BCUT2D eigenvalue weighted by Crippen LogP contribution is -2.34. The molecule has 0 fully saturated rings. The van der Waals surface area contributed by atoms with Crippen LogP contribution in [-0.2, 0) is 11.3 Å². The van der Waals surface area contributed by atoms with Gasteiger partial charge in [0.05, 0.1) is 17.8 Å². The molecule has 0 bridgehead atoms. The Morgan fingerprint density at radius 2 is 1.91 bits per heavy atom. The summed E-state index contributed by atoms with van der Waals surface area (Å²) in [6.45, 7) is 2.27. The van der Waals surface area contributed by atoms with Crippen molar-refractivity contribution in [2.75, 3.05) is 20.3 Å². The summed E-state index contributed by atoms with van der Waals surface area (Å²) in [5.41, 5.74) is 0.408. The second-order valence-electron chi connectivity index (χ2n) is 7.26. The maximum atomic E-state index is 13.9. The number of fused-ring (bicyclic) bond motifs is 1. The Morgan fingerprint density at radius 3 is 2.70 bits per heavy atom. The molecule has 0 aliphatic rings. The molecule has 170 valence electrons. The lowest BCUT2D eigenvalue weighted by Gasteiger charge is -2.14. The molecule has 1 N–H and O–H groups in total. The van der Waals surface area contributed by atoms with Crippen molar-refractivity contribution in [2.45, 2.75) is 13.5 Å². The van der Waals surface area contributed by atoms with E-state index < -0.39 is 17.1 Å². The van der Waals surface area contributed by atoms with Crippen molar-refractivity contribution in [1.29, 1.82) is 0 Å². The topological polar surface area (TPSA) is 95.4 Å². The Hall–Kier alpha value is -3.98. The van der Waals surface area contributed by atoms with E-state index in [0.717, 1.165) is 4.57 Å². The Kier molecular flexibility index (Phi) is 6.50. The highest BCUT2D eigenvalue weighted by Crippen LogP contribution is 2.23. The maximum Gasteiger partial charge on any atom is 0.333 e. The Bertz CT molecular complexity index is 1410. The highest BCUT2D eigenvalue weighted by Gasteiger charge is 2.16. The Labute approximate surface area is 188 Å². The third-order valence-electron chi connectivity index (χ3n) is 5.06. The minimum absolute atomic E-state index is 0.102. The van der Waals surface area contributed by atoms with Crippen LogP contribution in [0.2, 0.25) is 0 Å². The SMILES string of the molecule is COCCOc1cccc2[nH]c(=O)n(-c3cc(OCc4ncccc4F)ccc3C)c(=O)c12. The van der Waals surface area contributed by atoms with Gasteiger partial charge in [-0.1, -0.05) is 12.1 Å². The number of nitrogens with one attached hydrogen (secondary N) is 1. The van der Waals surface area contributed by atoms with Crippen LogP contribution >= 0.6 is 0 Å². The number of hydrogen-bond donors (Lipinski definition) is 1. The van der Waals surface area contributed by atoms with Gasteiger partial charge in [-0.05, 0) is 42.8 Å². The van der Waals surface area contributed by atoms with Crippen molar-refractivity contribution in [2.24, 2.45) is 0 Å². The third-order valence-corrected chi connectivity index (χ3v) is 5.06. The standard InChI is InChI=1S/C24H22FN3O5/c1-15-8-9-16(33-14-19-17(25)5-4-10-26-19)13-20(15)28-23(29)22-18(27-24(28)30)6-3-7-21(22)32-12-11-31-2/h3-10,13H,11-12,14H2,1-2H3,(H,27,30). The first-order valence-corrected chi connectivity index (χ1v) is 10.2. The van der Waals surface area contributed by atoms with Crippen LogP contribution in [0, 0.1) is 12.7 Å². The van der Waals surface area contributed by atoms with Crippen LogP contribution in [0.3, 0.4) is 0 Å². The van der Waals surface area contributed by atoms with Crippen molar-refractivity contribution in [3.63, 3.8) is 0 Å². The molecule has 0 saturated carbocycles. The molecule has 4 aromatic rings. The number of nitrogens with zero attached hydrogens (tertiary/aromatic N) is 2. The number of aryl methyl sites for hydroxylation is 1. The van der Waals surface area contributed by atoms with Gasteiger partial charge in [-0.3, -0.25) is 9.78 Å². The average Bonchev–Trinajstić information content (AvgIpc) is 2.80. The van der Waals surface area contributed by atoms with Gasteiger partial charge in [-0.2, -0.15) is 0 Å². The molecule has 0 radical (unpaired) electrons. The van der Waals surface area contributed by atoms with Crippen LogP contribution in [0.5, 0.6) is 11.5 Å². The highest BCUT2D eigenvalue weighted by molar-refractivity contribution is 5.84. The van der Waals surface area contributed by atoms with Crippen molar-refractivity contribution in [1.82, 2.24) is 14.5 Å². The quantitative estimate of drug-likeness (QED) is 0.414. The zero-order valence-corrected chi connectivity index (χ0v) is 18.1. The zero-order valence-electron chi connectivity index (χ0n) is 18.1. The lowest BCUT2D eigenvalue weighted by atomic mass is 10.1. The van der Waals surface area contributed by atoms with Crippen molar-refractivity contribution >= 4 is 10.9 Å². The van der Waals surface area contributed by atoms with Crippen molar-refractivity contribution in [3.05, 3.63) is 92.6 Å². The minimum atomic E-state index is -0.599. The lowest BCUT2D eigenvalue weighted by molar-refractivity contribution is 0.147. The van der Waals surface area contributed by atoms with Crippen LogP contribution < -0.4 is 20.7 Å². The minimum Gasteiger partial charge on any atom is -0.490 e. The van der Waals surface area contributed by atoms with Gasteiger partial charge in [0.25, 0.3) is 5.56 Å². The van der Waals surface area contributed by atoms with Crippen LogP contribution in [0.1, 0.15) is 11.3 Å². The molecule has 0 spiro atoms. The van der Waals surface area contributed by atoms with Crippen LogP contribution in [0.25, 0.3) is 16.6 Å². The molecule has 2 aromatic heterocycles. The van der Waals surface area contributed by atoms with Gasteiger partial charge in [0.2, 0.25) is 0 Å². The van der Waals surface area contributed by atoms with E-state index in [4.69, 9.17) is 14.2 Å². The molecular weight excluding hydrogens is 429 g/mol. The summed E-state index contributed by atoms with van der Waals surface area (Å²) in [7, 11) is 1.55. The molecule has 2 heterocycles. The number of pyridine rings is 1. The molecule has 0 amide bonds. The van der Waals surface area contributed by atoms with E-state index in [1.807, 2.05) is 0 Å². The number of ether oxygens (including phenoxy) is 3. The summed E-state index contributed by atoms with van der Waals surface area (Å²) < 4.78 is 31.3. The smallest absolute Gasteiger partial charge is 0.333 e. The molecule has 0 saturated heterocycles. The van der Waals surface area contributed by atoms with Gasteiger partial charge in [0.1, 0.15) is 41.6 Å². The van der Waals surface area contributed by atoms with Crippen molar-refractivity contribution < 1.29 is 18.6 Å². The molecule has 0 unspecified atom stereocenters. The number of aromatic amines is 1. The van der Waals surface area contributed by atoms with Crippen molar-refractivity contribution in [3.8, 4) is 17.2 Å². The van der Waals surface area contributed by atoms with E-state index in [2.05, 4.69) is 9.97 Å². The zero-order chi connectivity index (χ0) is 23.4. The summed E-state index contributed by atoms with van der Waals surface area (Å²) in [4.78, 5) is 33.0. The summed E-state index contributed by atoms with van der Waals surface area (Å²) in [5.74, 6) is 0.222. The molecule has 4 rings (SSSR count). The first-order chi connectivity index (χ1) is 16.0. The average molecular weight is 451 g/mol. The summed E-state index contributed by atoms with van der Waals surface area (Å²) >= 11 is 0. The molecule has 0 atom stereocenters. The Morgan fingerprint density at radius 1 is 1.06 bits per heavy atom. The van der Waals surface area contributed by atoms with E-state index in [1.54, 1.807) is 50.4 Å². The second-order valence-corrected chi connectivity index (χ2v) is 7.26. The molecule has 0 aliphatic carbocycles. The van der Waals surface area contributed by atoms with Crippen LogP contribution in [0.4, 0.5) is 4.39 Å². The van der Waals surface area contributed by atoms with Gasteiger partial charge < -0.3 is 19.2 Å². The number of benzene rings is 2. The van der Waals surface area contributed by atoms with Gasteiger partial charge >= 0.3 is 5.69 Å². The number of halogens is 1. The summed E-state index contributed by atoms with van der Waals surface area (Å²) in [6, 6.07) is 12.7. The first-order valence-electron chi connectivity index (χ1n) is 10.2. The predicted molar refractivity (Wildman–Crippen MR) is 121 cm³/mol. The fraction of sp³-hybridized carbons (Fsp3) is 0.208. The molecule has 33 heavy (non-hydrogen) atoms. The Balaban J connectivity index is 1.76. The largest absolute Gasteiger partial charge is 0.490 e. The maximum absolute atomic E-state index is 13.9. The number of rotatable bonds is 8. The summed E-state index contributed by atoms with van der Waals surface area (Å²) in [5, 5.41) is 0.245. The fourth-order valence-corrected chi connectivity index (χ4v) is 3.40. The summed E-state index contributed by atoms with van der Waals surface area (Å²) in [6.07, 6.45) is 1.48. The monoisotopic (exact) mass is 451 g/mol. The number of aromatic nitrogens is 3. The van der Waals surface area contributed by atoms with Crippen LogP contribution in [0.15, 0.2) is 64.3 Å². The van der Waals surface area contributed by atoms with E-state index in [0.29, 0.717) is 34.9 Å². The molecule has 9 heteroatoms.